The fourth-order valence-corrected chi connectivity index (χ4v) is 4.68. The van der Waals surface area contributed by atoms with Gasteiger partial charge in [-0.25, -0.2) is 0 Å². The predicted molar refractivity (Wildman–Crippen MR) is 119 cm³/mol. The van der Waals surface area contributed by atoms with E-state index in [0.717, 1.165) is 18.7 Å². The smallest absolute Gasteiger partial charge is 0.0649 e. The van der Waals surface area contributed by atoms with Gasteiger partial charge in [0.15, 0.2) is 0 Å². The van der Waals surface area contributed by atoms with Crippen LogP contribution in [0.15, 0.2) is 53.7 Å². The number of hydrogen-bond donors (Lipinski definition) is 0. The van der Waals surface area contributed by atoms with Crippen molar-refractivity contribution in [2.24, 2.45) is 4.99 Å². The van der Waals surface area contributed by atoms with Crippen LogP contribution in [0.4, 0.5) is 0 Å². The number of allylic oxidation sites excluding steroid dienone is 5. The molecular weight excluding hydrogens is 336 g/mol. The van der Waals surface area contributed by atoms with E-state index in [-0.39, 0.29) is 0 Å². The molecule has 1 aliphatic heterocycles. The van der Waals surface area contributed by atoms with Gasteiger partial charge in [-0.1, -0.05) is 56.2 Å². The van der Waals surface area contributed by atoms with Crippen molar-refractivity contribution in [3.63, 3.8) is 0 Å². The zero-order valence-electron chi connectivity index (χ0n) is 16.7. The van der Waals surface area contributed by atoms with Gasteiger partial charge in [-0.2, -0.15) is 0 Å². The summed E-state index contributed by atoms with van der Waals surface area (Å²) in [5.74, 6) is 1.18. The van der Waals surface area contributed by atoms with Crippen LogP contribution in [0.5, 0.6) is 0 Å². The first-order chi connectivity index (χ1) is 12.7. The molecule has 2 aliphatic rings. The Morgan fingerprint density at radius 3 is 2.69 bits per heavy atom. The summed E-state index contributed by atoms with van der Waals surface area (Å²) in [6.45, 7) is 9.43. The molecule has 2 rings (SSSR count). The Labute approximate surface area is 165 Å². The molecule has 2 nitrogen and oxygen atoms in total. The van der Waals surface area contributed by atoms with Gasteiger partial charge >= 0.3 is 0 Å². The van der Waals surface area contributed by atoms with Gasteiger partial charge in [0, 0.05) is 24.0 Å². The molecule has 0 aromatic carbocycles. The Hall–Kier alpha value is -1.22. The standard InChI is InChI=1S/C23H36N2S/c1-4-14-20(2)25(23-16-11-9-12-17-23)18-13-8-6-5-7-10-15-22-19-26-21(3)24-22/h4-6,8,13-14,22-23H,2,7,9-12,15-19H2,1,3H3/b6-5+,13-8+,14-4-. The average Bonchev–Trinajstić information content (AvgIpc) is 3.06. The van der Waals surface area contributed by atoms with Gasteiger partial charge in [0.2, 0.25) is 0 Å². The van der Waals surface area contributed by atoms with Crippen molar-refractivity contribution in [1.29, 1.82) is 0 Å². The second kappa shape index (κ2) is 12.2. The lowest BCUT2D eigenvalue weighted by atomic mass is 9.94. The molecule has 144 valence electrons. The first-order valence-corrected chi connectivity index (χ1v) is 11.3. The second-order valence-electron chi connectivity index (χ2n) is 7.34. The third kappa shape index (κ3) is 7.57. The monoisotopic (exact) mass is 372 g/mol. The third-order valence-electron chi connectivity index (χ3n) is 5.19. The van der Waals surface area contributed by atoms with Crippen molar-refractivity contribution in [3.8, 4) is 0 Å². The minimum Gasteiger partial charge on any atom is -0.365 e. The molecule has 0 N–H and O–H groups in total. The van der Waals surface area contributed by atoms with Crippen LogP contribution in [0.1, 0.15) is 65.2 Å². The SMILES string of the molecule is C=C(/C=C\C)N(C/C=C/C=C/CCCC1CSC(C)=N1)C1CCCCC1. The lowest BCUT2D eigenvalue weighted by Crippen LogP contribution is -2.35. The molecule has 1 unspecified atom stereocenters. The molecule has 1 heterocycles. The van der Waals surface area contributed by atoms with Crippen molar-refractivity contribution in [2.45, 2.75) is 77.3 Å². The summed E-state index contributed by atoms with van der Waals surface area (Å²) in [6.07, 6.45) is 23.5. The Morgan fingerprint density at radius 1 is 1.23 bits per heavy atom. The summed E-state index contributed by atoms with van der Waals surface area (Å²) in [5.41, 5.74) is 1.15. The second-order valence-corrected chi connectivity index (χ2v) is 8.55. The van der Waals surface area contributed by atoms with Gasteiger partial charge in [-0.15, -0.1) is 11.8 Å². The fraction of sp³-hybridized carbons (Fsp3) is 0.609. The zero-order valence-corrected chi connectivity index (χ0v) is 17.5. The zero-order chi connectivity index (χ0) is 18.6. The number of thioether (sulfide) groups is 1. The molecule has 1 fully saturated rings. The van der Waals surface area contributed by atoms with Crippen molar-refractivity contribution in [2.75, 3.05) is 12.3 Å². The van der Waals surface area contributed by atoms with Crippen molar-refractivity contribution >= 4 is 16.8 Å². The maximum absolute atomic E-state index is 4.65. The van der Waals surface area contributed by atoms with Gasteiger partial charge in [0.05, 0.1) is 11.1 Å². The van der Waals surface area contributed by atoms with Crippen LogP contribution < -0.4 is 0 Å². The summed E-state index contributed by atoms with van der Waals surface area (Å²) in [5, 5.41) is 1.26. The van der Waals surface area contributed by atoms with E-state index >= 15 is 0 Å². The molecule has 1 saturated carbocycles. The third-order valence-corrected chi connectivity index (χ3v) is 6.26. The quantitative estimate of drug-likeness (QED) is 0.320. The van der Waals surface area contributed by atoms with Crippen LogP contribution in [0.3, 0.4) is 0 Å². The molecule has 0 radical (unpaired) electrons. The van der Waals surface area contributed by atoms with E-state index in [4.69, 9.17) is 0 Å². The van der Waals surface area contributed by atoms with Crippen LogP contribution in [-0.4, -0.2) is 34.3 Å². The Morgan fingerprint density at radius 2 is 2.00 bits per heavy atom. The minimum absolute atomic E-state index is 0.561. The Balaban J connectivity index is 1.70. The first kappa shape index (κ1) is 21.1. The van der Waals surface area contributed by atoms with Gasteiger partial charge in [-0.3, -0.25) is 4.99 Å². The molecule has 0 aromatic heterocycles. The van der Waals surface area contributed by atoms with E-state index in [1.165, 1.54) is 55.7 Å². The summed E-state index contributed by atoms with van der Waals surface area (Å²) >= 11 is 1.90. The maximum Gasteiger partial charge on any atom is 0.0649 e. The van der Waals surface area contributed by atoms with Gasteiger partial charge in [0.1, 0.15) is 0 Å². The highest BCUT2D eigenvalue weighted by Gasteiger charge is 2.20. The number of aliphatic imine (C=N–C) groups is 1. The number of nitrogens with zero attached hydrogens (tertiary/aromatic N) is 2. The van der Waals surface area contributed by atoms with Gasteiger partial charge < -0.3 is 4.90 Å². The molecule has 1 atom stereocenters. The van der Waals surface area contributed by atoms with Crippen LogP contribution in [-0.2, 0) is 0 Å². The maximum atomic E-state index is 4.65. The van der Waals surface area contributed by atoms with Crippen molar-refractivity contribution < 1.29 is 0 Å². The van der Waals surface area contributed by atoms with Gasteiger partial charge in [0.25, 0.3) is 0 Å². The average molecular weight is 373 g/mol. The van der Waals surface area contributed by atoms with Crippen LogP contribution in [0, 0.1) is 0 Å². The minimum atomic E-state index is 0.561. The summed E-state index contributed by atoms with van der Waals surface area (Å²) < 4.78 is 0. The number of unbranched alkanes of at least 4 members (excludes halogenated alkanes) is 1. The van der Waals surface area contributed by atoms with E-state index in [9.17, 15) is 0 Å². The Bertz CT molecular complexity index is 538. The lowest BCUT2D eigenvalue weighted by Gasteiger charge is -2.35. The van der Waals surface area contributed by atoms with E-state index in [1.807, 2.05) is 11.8 Å². The largest absolute Gasteiger partial charge is 0.365 e. The van der Waals surface area contributed by atoms with E-state index in [2.05, 4.69) is 66.8 Å². The Kier molecular flexibility index (Phi) is 9.91. The summed E-state index contributed by atoms with van der Waals surface area (Å²) in [7, 11) is 0. The van der Waals surface area contributed by atoms with Crippen LogP contribution >= 0.6 is 11.8 Å². The molecule has 26 heavy (non-hydrogen) atoms. The molecule has 0 bridgehead atoms. The molecule has 1 aliphatic carbocycles. The normalized spacial score (nSPS) is 21.9. The highest BCUT2D eigenvalue weighted by atomic mass is 32.2. The summed E-state index contributed by atoms with van der Waals surface area (Å²) in [6, 6.07) is 1.22. The van der Waals surface area contributed by atoms with E-state index in [1.54, 1.807) is 0 Å². The van der Waals surface area contributed by atoms with Crippen LogP contribution in [0.25, 0.3) is 0 Å². The van der Waals surface area contributed by atoms with Crippen LogP contribution in [0.2, 0.25) is 0 Å². The predicted octanol–water partition coefficient (Wildman–Crippen LogP) is 6.53. The van der Waals surface area contributed by atoms with E-state index < -0.39 is 0 Å². The topological polar surface area (TPSA) is 15.6 Å². The molecule has 0 amide bonds. The first-order valence-electron chi connectivity index (χ1n) is 10.3. The number of hydrogen-bond acceptors (Lipinski definition) is 3. The fourth-order valence-electron chi connectivity index (χ4n) is 3.78. The van der Waals surface area contributed by atoms with Gasteiger partial charge in [-0.05, 0) is 52.0 Å². The molecule has 0 spiro atoms. The lowest BCUT2D eigenvalue weighted by molar-refractivity contribution is 0.223. The molecule has 0 saturated heterocycles. The molecular formula is C23H36N2S. The van der Waals surface area contributed by atoms with Crippen molar-refractivity contribution in [1.82, 2.24) is 4.90 Å². The highest BCUT2D eigenvalue weighted by Crippen LogP contribution is 2.25. The summed E-state index contributed by atoms with van der Waals surface area (Å²) in [4.78, 5) is 7.14. The molecule has 0 aromatic rings. The number of rotatable bonds is 10. The molecule has 3 heteroatoms. The van der Waals surface area contributed by atoms with E-state index in [0.29, 0.717) is 12.1 Å². The van der Waals surface area contributed by atoms with Crippen molar-refractivity contribution in [3.05, 3.63) is 48.7 Å². The highest BCUT2D eigenvalue weighted by molar-refractivity contribution is 8.14.